The van der Waals surface area contributed by atoms with Gasteiger partial charge in [0.25, 0.3) is 0 Å². The number of hydrogen-bond donors (Lipinski definition) is 0. The molecule has 0 fully saturated rings. The van der Waals surface area contributed by atoms with Crippen LogP contribution in [0.5, 0.6) is 0 Å². The average Bonchev–Trinajstić information content (AvgIpc) is 2.63. The van der Waals surface area contributed by atoms with Gasteiger partial charge >= 0.3 is 6.18 Å². The normalized spacial score (nSPS) is 14.1. The summed E-state index contributed by atoms with van der Waals surface area (Å²) in [7, 11) is -1.73. The summed E-state index contributed by atoms with van der Waals surface area (Å²) in [5, 5.41) is 1.16. The number of halogens is 3. The molecule has 0 aliphatic heterocycles. The van der Waals surface area contributed by atoms with Gasteiger partial charge in [-0.1, -0.05) is 90.6 Å². The molecule has 3 aromatic rings. The predicted octanol–water partition coefficient (Wildman–Crippen LogP) is 5.14. The van der Waals surface area contributed by atoms with Gasteiger partial charge in [-0.3, -0.25) is 0 Å². The highest BCUT2D eigenvalue weighted by atomic mass is 28.3. The van der Waals surface area contributed by atoms with Crippen LogP contribution in [0.25, 0.3) is 0 Å². The van der Waals surface area contributed by atoms with Crippen LogP contribution in [0, 0.1) is 0 Å². The van der Waals surface area contributed by atoms with Crippen LogP contribution in [0.2, 0.25) is 6.55 Å². The number of rotatable bonds is 4. The monoisotopic (exact) mass is 356 g/mol. The minimum atomic E-state index is -4.35. The molecule has 0 unspecified atom stereocenters. The highest BCUT2D eigenvalue weighted by Crippen LogP contribution is 2.38. The summed E-state index contributed by atoms with van der Waals surface area (Å²) in [6.45, 7) is 2.13. The fraction of sp³-hybridized carbons (Fsp3) is 0.143. The Morgan fingerprint density at radius 2 is 1.24 bits per heavy atom. The number of hydrogen-bond acceptors (Lipinski definition) is 0. The third-order valence-electron chi connectivity index (χ3n) is 4.59. The maximum absolute atomic E-state index is 13.6. The third kappa shape index (κ3) is 3.85. The first-order valence-corrected chi connectivity index (χ1v) is 10.6. The van der Waals surface area contributed by atoms with Crippen molar-refractivity contribution >= 4 is 14.0 Å². The van der Waals surface area contributed by atoms with Gasteiger partial charge in [0.05, 0.1) is 14.4 Å². The topological polar surface area (TPSA) is 0 Å². The number of benzene rings is 3. The molecule has 0 aliphatic rings. The van der Waals surface area contributed by atoms with Crippen molar-refractivity contribution in [2.24, 2.45) is 0 Å². The molecule has 0 bridgehead atoms. The van der Waals surface area contributed by atoms with E-state index < -0.39 is 20.5 Å². The lowest BCUT2D eigenvalue weighted by atomic mass is 9.98. The Hall–Kier alpha value is -2.33. The zero-order valence-corrected chi connectivity index (χ0v) is 15.0. The van der Waals surface area contributed by atoms with E-state index in [2.05, 4.69) is 6.55 Å². The molecule has 4 heteroatoms. The maximum atomic E-state index is 13.6. The summed E-state index contributed by atoms with van der Waals surface area (Å²) in [6, 6.07) is 25.4. The van der Waals surface area contributed by atoms with Gasteiger partial charge in [-0.15, -0.1) is 0 Å². The van der Waals surface area contributed by atoms with Crippen molar-refractivity contribution in [3.8, 4) is 0 Å². The molecule has 0 nitrogen and oxygen atoms in total. The van der Waals surface area contributed by atoms with Crippen LogP contribution >= 0.6 is 0 Å². The van der Waals surface area contributed by atoms with Gasteiger partial charge in [-0.2, -0.15) is 13.2 Å². The standard InChI is InChI=1S/C21H19F3Si/c1-25(17-12-6-3-7-13-17)20(16-10-4-2-5-11-16)18-14-8-9-15-19(18)21(22,23)24/h2-15,20,25H,1H3/t20-,25+/m0/s1. The first kappa shape index (κ1) is 17.5. The SMILES string of the molecule is C[Si@H](c1ccccc1)[C@@H](c1ccccc1)c1ccccc1C(F)(F)F. The van der Waals surface area contributed by atoms with Crippen LogP contribution in [-0.2, 0) is 6.18 Å². The van der Waals surface area contributed by atoms with Crippen LogP contribution in [0.3, 0.4) is 0 Å². The Balaban J connectivity index is 2.17. The van der Waals surface area contributed by atoms with Crippen LogP contribution < -0.4 is 5.19 Å². The summed E-state index contributed by atoms with van der Waals surface area (Å²) in [6.07, 6.45) is -4.35. The van der Waals surface area contributed by atoms with E-state index in [1.165, 1.54) is 12.1 Å². The van der Waals surface area contributed by atoms with Gasteiger partial charge in [0.1, 0.15) is 0 Å². The van der Waals surface area contributed by atoms with E-state index in [0.29, 0.717) is 5.56 Å². The van der Waals surface area contributed by atoms with Gasteiger partial charge in [0.2, 0.25) is 0 Å². The highest BCUT2D eigenvalue weighted by molar-refractivity contribution is 6.74. The van der Waals surface area contributed by atoms with E-state index in [1.807, 2.05) is 60.7 Å². The summed E-state index contributed by atoms with van der Waals surface area (Å²) in [4.78, 5) is 0. The predicted molar refractivity (Wildman–Crippen MR) is 98.8 cm³/mol. The molecule has 25 heavy (non-hydrogen) atoms. The fourth-order valence-corrected chi connectivity index (χ4v) is 6.22. The Morgan fingerprint density at radius 3 is 1.84 bits per heavy atom. The Morgan fingerprint density at radius 1 is 0.720 bits per heavy atom. The van der Waals surface area contributed by atoms with Crippen molar-refractivity contribution in [3.05, 3.63) is 102 Å². The molecule has 0 amide bonds. The second-order valence-corrected chi connectivity index (χ2v) is 9.08. The van der Waals surface area contributed by atoms with Gasteiger partial charge in [-0.25, -0.2) is 0 Å². The molecule has 0 heterocycles. The first-order chi connectivity index (χ1) is 12.0. The molecule has 0 saturated carbocycles. The Kier molecular flexibility index (Phi) is 5.09. The Labute approximate surface area is 147 Å². The van der Waals surface area contributed by atoms with Gasteiger partial charge in [0.15, 0.2) is 0 Å². The zero-order valence-electron chi connectivity index (χ0n) is 13.9. The van der Waals surface area contributed by atoms with Gasteiger partial charge in [0, 0.05) is 5.54 Å². The largest absolute Gasteiger partial charge is 0.416 e. The maximum Gasteiger partial charge on any atom is 0.416 e. The Bertz CT molecular complexity index is 813. The van der Waals surface area contributed by atoms with Crippen LogP contribution in [-0.4, -0.2) is 8.80 Å². The molecule has 0 aliphatic carbocycles. The average molecular weight is 356 g/mol. The van der Waals surface area contributed by atoms with E-state index in [-0.39, 0.29) is 5.54 Å². The molecule has 128 valence electrons. The van der Waals surface area contributed by atoms with Crippen molar-refractivity contribution in [1.82, 2.24) is 0 Å². The lowest BCUT2D eigenvalue weighted by Gasteiger charge is -2.27. The third-order valence-corrected chi connectivity index (χ3v) is 7.77. The fourth-order valence-electron chi connectivity index (χ4n) is 3.37. The van der Waals surface area contributed by atoms with Crippen molar-refractivity contribution in [3.63, 3.8) is 0 Å². The van der Waals surface area contributed by atoms with Gasteiger partial charge in [-0.05, 0) is 17.2 Å². The molecule has 0 N–H and O–H groups in total. The summed E-state index contributed by atoms with van der Waals surface area (Å²) >= 11 is 0. The molecule has 0 aromatic heterocycles. The highest BCUT2D eigenvalue weighted by Gasteiger charge is 2.37. The number of alkyl halides is 3. The molecule has 3 rings (SSSR count). The molecule has 0 radical (unpaired) electrons. The minimum absolute atomic E-state index is 0.235. The molecular weight excluding hydrogens is 337 g/mol. The molecule has 0 spiro atoms. The lowest BCUT2D eigenvalue weighted by Crippen LogP contribution is -2.35. The van der Waals surface area contributed by atoms with Gasteiger partial charge < -0.3 is 0 Å². The van der Waals surface area contributed by atoms with E-state index >= 15 is 0 Å². The summed E-state index contributed by atoms with van der Waals surface area (Å²) in [5.41, 5.74) is 0.562. The van der Waals surface area contributed by atoms with Crippen molar-refractivity contribution in [2.75, 3.05) is 0 Å². The lowest BCUT2D eigenvalue weighted by molar-refractivity contribution is -0.138. The van der Waals surface area contributed by atoms with Crippen LogP contribution in [0.1, 0.15) is 22.2 Å². The first-order valence-electron chi connectivity index (χ1n) is 8.24. The van der Waals surface area contributed by atoms with E-state index in [1.54, 1.807) is 12.1 Å². The van der Waals surface area contributed by atoms with Crippen molar-refractivity contribution in [2.45, 2.75) is 18.3 Å². The van der Waals surface area contributed by atoms with Crippen LogP contribution in [0.15, 0.2) is 84.9 Å². The van der Waals surface area contributed by atoms with Crippen molar-refractivity contribution in [1.29, 1.82) is 0 Å². The minimum Gasteiger partial charge on any atom is -0.166 e. The summed E-state index contributed by atoms with van der Waals surface area (Å²) in [5.74, 6) is 0. The second kappa shape index (κ2) is 7.27. The second-order valence-electron chi connectivity index (χ2n) is 6.17. The van der Waals surface area contributed by atoms with Crippen LogP contribution in [0.4, 0.5) is 13.2 Å². The van der Waals surface area contributed by atoms with E-state index in [0.717, 1.165) is 10.8 Å². The zero-order chi connectivity index (χ0) is 17.9. The molecular formula is C21H19F3Si. The molecule has 2 atom stereocenters. The van der Waals surface area contributed by atoms with E-state index in [9.17, 15) is 13.2 Å². The summed E-state index contributed by atoms with van der Waals surface area (Å²) < 4.78 is 40.8. The quantitative estimate of drug-likeness (QED) is 0.568. The van der Waals surface area contributed by atoms with E-state index in [4.69, 9.17) is 0 Å². The molecule has 0 saturated heterocycles. The molecule has 3 aromatic carbocycles. The van der Waals surface area contributed by atoms with Crippen molar-refractivity contribution < 1.29 is 13.2 Å². The smallest absolute Gasteiger partial charge is 0.166 e.